The van der Waals surface area contributed by atoms with E-state index in [0.717, 1.165) is 31.2 Å². The van der Waals surface area contributed by atoms with E-state index in [9.17, 15) is 8.78 Å². The summed E-state index contributed by atoms with van der Waals surface area (Å²) >= 11 is 0. The number of allylic oxidation sites excluding steroid dienone is 1. The number of halogens is 2. The first-order chi connectivity index (χ1) is 12.1. The van der Waals surface area contributed by atoms with Crippen LogP contribution in [0.25, 0.3) is 5.83 Å². The zero-order valence-electron chi connectivity index (χ0n) is 15.3. The molecule has 0 radical (unpaired) electrons. The van der Waals surface area contributed by atoms with Crippen molar-refractivity contribution in [3.63, 3.8) is 0 Å². The van der Waals surface area contributed by atoms with Gasteiger partial charge in [0, 0.05) is 12.0 Å². The molecular weight excluding hydrogens is 314 g/mol. The van der Waals surface area contributed by atoms with Crippen molar-refractivity contribution in [1.29, 1.82) is 0 Å². The smallest absolute Gasteiger partial charge is 0.161 e. The second kappa shape index (κ2) is 10.1. The Balaban J connectivity index is 1.86. The van der Waals surface area contributed by atoms with Gasteiger partial charge in [0.25, 0.3) is 0 Å². The molecule has 0 aromatic heterocycles. The predicted octanol–water partition coefficient (Wildman–Crippen LogP) is 7.22. The molecule has 0 fully saturated rings. The molecule has 134 valence electrons. The monoisotopic (exact) mass is 342 g/mol. The summed E-state index contributed by atoms with van der Waals surface area (Å²) in [4.78, 5) is 0. The van der Waals surface area contributed by atoms with Gasteiger partial charge >= 0.3 is 0 Å². The Morgan fingerprint density at radius 3 is 1.64 bits per heavy atom. The lowest BCUT2D eigenvalue weighted by Crippen LogP contribution is -1.92. The summed E-state index contributed by atoms with van der Waals surface area (Å²) in [5.41, 5.74) is 4.25. The summed E-state index contributed by atoms with van der Waals surface area (Å²) < 4.78 is 27.5. The Hall–Kier alpha value is -1.96. The van der Waals surface area contributed by atoms with Crippen molar-refractivity contribution < 1.29 is 8.78 Å². The molecule has 25 heavy (non-hydrogen) atoms. The molecule has 0 amide bonds. The Morgan fingerprint density at radius 2 is 1.16 bits per heavy atom. The molecule has 0 unspecified atom stereocenters. The highest BCUT2D eigenvalue weighted by atomic mass is 19.2. The van der Waals surface area contributed by atoms with E-state index in [2.05, 4.69) is 31.2 Å². The molecule has 0 atom stereocenters. The van der Waals surface area contributed by atoms with Crippen LogP contribution in [0.15, 0.2) is 54.4 Å². The van der Waals surface area contributed by atoms with Gasteiger partial charge in [-0.3, -0.25) is 0 Å². The Morgan fingerprint density at radius 1 is 0.680 bits per heavy atom. The summed E-state index contributed by atoms with van der Waals surface area (Å²) in [6.45, 7) is 4.03. The first-order valence-electron chi connectivity index (χ1n) is 9.35. The maximum absolute atomic E-state index is 13.9. The molecule has 2 heteroatoms. The van der Waals surface area contributed by atoms with Gasteiger partial charge in [0.05, 0.1) is 0 Å². The molecule has 0 aliphatic heterocycles. The maximum atomic E-state index is 13.9. The molecule has 0 saturated heterocycles. The zero-order valence-corrected chi connectivity index (χ0v) is 15.3. The first kappa shape index (κ1) is 19.4. The fraction of sp³-hybridized carbons (Fsp3) is 0.391. The molecule has 2 rings (SSSR count). The average molecular weight is 342 g/mol. The van der Waals surface area contributed by atoms with Gasteiger partial charge in [-0.15, -0.1) is 0 Å². The predicted molar refractivity (Wildman–Crippen MR) is 103 cm³/mol. The average Bonchev–Trinajstić information content (AvgIpc) is 2.63. The van der Waals surface area contributed by atoms with Crippen LogP contribution in [0.5, 0.6) is 0 Å². The lowest BCUT2D eigenvalue weighted by Gasteiger charge is -2.06. The van der Waals surface area contributed by atoms with Crippen molar-refractivity contribution in [2.24, 2.45) is 0 Å². The molecule has 0 nitrogen and oxygen atoms in total. The highest BCUT2D eigenvalue weighted by Crippen LogP contribution is 2.24. The second-order valence-corrected chi connectivity index (χ2v) is 6.59. The highest BCUT2D eigenvalue weighted by molar-refractivity contribution is 5.61. The topological polar surface area (TPSA) is 0 Å². The first-order valence-corrected chi connectivity index (χ1v) is 9.35. The van der Waals surface area contributed by atoms with Crippen molar-refractivity contribution in [3.8, 4) is 0 Å². The van der Waals surface area contributed by atoms with Crippen molar-refractivity contribution in [2.45, 2.75) is 58.8 Å². The third kappa shape index (κ3) is 6.12. The van der Waals surface area contributed by atoms with Crippen molar-refractivity contribution in [1.82, 2.24) is 0 Å². The van der Waals surface area contributed by atoms with Crippen LogP contribution in [-0.4, -0.2) is 0 Å². The highest BCUT2D eigenvalue weighted by Gasteiger charge is 2.08. The Labute approximate surface area is 150 Å². The van der Waals surface area contributed by atoms with Gasteiger partial charge < -0.3 is 0 Å². The van der Waals surface area contributed by atoms with E-state index in [4.69, 9.17) is 0 Å². The van der Waals surface area contributed by atoms with Crippen LogP contribution in [0.4, 0.5) is 8.78 Å². The van der Waals surface area contributed by atoms with E-state index in [0.29, 0.717) is 12.0 Å². The molecule has 0 aliphatic carbocycles. The largest absolute Gasteiger partial charge is 0.209 e. The number of aryl methyl sites for hydroxylation is 3. The fourth-order valence-electron chi connectivity index (χ4n) is 2.96. The molecule has 2 aromatic carbocycles. The molecule has 0 heterocycles. The SMILES string of the molecule is CCC/C(F)=C(\F)c1ccc(CCCc2ccc(CCC)cc2)cc1. The summed E-state index contributed by atoms with van der Waals surface area (Å²) in [6.07, 6.45) is 6.10. The molecule has 0 saturated carbocycles. The van der Waals surface area contributed by atoms with E-state index in [1.165, 1.54) is 17.5 Å². The van der Waals surface area contributed by atoms with E-state index in [-0.39, 0.29) is 6.42 Å². The second-order valence-electron chi connectivity index (χ2n) is 6.59. The minimum atomic E-state index is -0.722. The molecule has 0 aliphatic rings. The Kier molecular flexibility index (Phi) is 7.84. The fourth-order valence-corrected chi connectivity index (χ4v) is 2.96. The minimum Gasteiger partial charge on any atom is -0.209 e. The third-order valence-electron chi connectivity index (χ3n) is 4.41. The van der Waals surface area contributed by atoms with Crippen molar-refractivity contribution in [3.05, 3.63) is 76.6 Å². The van der Waals surface area contributed by atoms with Crippen molar-refractivity contribution in [2.75, 3.05) is 0 Å². The van der Waals surface area contributed by atoms with Gasteiger partial charge in [0.1, 0.15) is 5.83 Å². The standard InChI is InChI=1S/C23H28F2/c1-3-6-18-10-12-19(13-11-18)8-5-9-20-14-16-21(17-15-20)23(25)22(24)7-4-2/h10-17H,3-9H2,1-2H3/b23-22+. The molecular formula is C23H28F2. The van der Waals surface area contributed by atoms with Gasteiger partial charge in [0.2, 0.25) is 0 Å². The van der Waals surface area contributed by atoms with Gasteiger partial charge in [0.15, 0.2) is 5.83 Å². The summed E-state index contributed by atoms with van der Waals surface area (Å²) in [6, 6.07) is 16.0. The summed E-state index contributed by atoms with van der Waals surface area (Å²) in [5.74, 6) is -1.37. The van der Waals surface area contributed by atoms with Crippen LogP contribution in [0, 0.1) is 0 Å². The summed E-state index contributed by atoms with van der Waals surface area (Å²) in [5, 5.41) is 0. The van der Waals surface area contributed by atoms with Gasteiger partial charge in [-0.05, 0) is 48.8 Å². The van der Waals surface area contributed by atoms with Crippen molar-refractivity contribution >= 4 is 5.83 Å². The van der Waals surface area contributed by atoms with Crippen LogP contribution in [-0.2, 0) is 19.3 Å². The van der Waals surface area contributed by atoms with Crippen LogP contribution in [0.2, 0.25) is 0 Å². The normalized spacial score (nSPS) is 12.2. The van der Waals surface area contributed by atoms with E-state index >= 15 is 0 Å². The Bertz CT molecular complexity index is 666. The molecule has 0 spiro atoms. The van der Waals surface area contributed by atoms with Gasteiger partial charge in [-0.2, -0.15) is 0 Å². The van der Waals surface area contributed by atoms with Crippen LogP contribution in [0.1, 0.15) is 61.8 Å². The zero-order chi connectivity index (χ0) is 18.1. The van der Waals surface area contributed by atoms with E-state index < -0.39 is 11.7 Å². The molecule has 2 aromatic rings. The molecule has 0 bridgehead atoms. The van der Waals surface area contributed by atoms with Gasteiger partial charge in [-0.1, -0.05) is 68.8 Å². The molecule has 0 N–H and O–H groups in total. The summed E-state index contributed by atoms with van der Waals surface area (Å²) in [7, 11) is 0. The number of hydrogen-bond donors (Lipinski definition) is 0. The van der Waals surface area contributed by atoms with Crippen LogP contribution < -0.4 is 0 Å². The van der Waals surface area contributed by atoms with E-state index in [1.54, 1.807) is 12.1 Å². The number of hydrogen-bond acceptors (Lipinski definition) is 0. The van der Waals surface area contributed by atoms with Crippen LogP contribution >= 0.6 is 0 Å². The third-order valence-corrected chi connectivity index (χ3v) is 4.41. The number of rotatable bonds is 9. The lowest BCUT2D eigenvalue weighted by atomic mass is 10.0. The van der Waals surface area contributed by atoms with Crippen LogP contribution in [0.3, 0.4) is 0 Å². The van der Waals surface area contributed by atoms with E-state index in [1.807, 2.05) is 19.1 Å². The van der Waals surface area contributed by atoms with Gasteiger partial charge in [-0.25, -0.2) is 8.78 Å². The quantitative estimate of drug-likeness (QED) is 0.451. The lowest BCUT2D eigenvalue weighted by molar-refractivity contribution is 0.559. The minimum absolute atomic E-state index is 0.157. The maximum Gasteiger partial charge on any atom is 0.161 e. The number of benzene rings is 2.